The lowest BCUT2D eigenvalue weighted by Gasteiger charge is -2.02. The average Bonchev–Trinajstić information content (AvgIpc) is 2.17. The summed E-state index contributed by atoms with van der Waals surface area (Å²) >= 11 is 0. The summed E-state index contributed by atoms with van der Waals surface area (Å²) in [6.07, 6.45) is 5.26. The van der Waals surface area contributed by atoms with Crippen molar-refractivity contribution in [1.82, 2.24) is 0 Å². The van der Waals surface area contributed by atoms with Gasteiger partial charge in [-0.15, -0.1) is 6.42 Å². The van der Waals surface area contributed by atoms with E-state index in [9.17, 15) is 0 Å². The van der Waals surface area contributed by atoms with Crippen LogP contribution in [0, 0.1) is 23.7 Å². The van der Waals surface area contributed by atoms with E-state index in [1.165, 1.54) is 0 Å². The van der Waals surface area contributed by atoms with E-state index < -0.39 is 0 Å². The fraction of sp³-hybridized carbons (Fsp3) is 0.182. The van der Waals surface area contributed by atoms with Crippen LogP contribution < -0.4 is 0 Å². The highest BCUT2D eigenvalue weighted by molar-refractivity contribution is 5.34. The van der Waals surface area contributed by atoms with Crippen LogP contribution in [-0.4, -0.2) is 0 Å². The zero-order valence-corrected chi connectivity index (χ0v) is 6.91. The third-order valence-corrected chi connectivity index (χ3v) is 1.79. The Kier molecular flexibility index (Phi) is 2.51. The van der Waals surface area contributed by atoms with Gasteiger partial charge in [0.15, 0.2) is 0 Å². The van der Waals surface area contributed by atoms with E-state index in [0.717, 1.165) is 5.56 Å². The van der Waals surface area contributed by atoms with E-state index in [4.69, 9.17) is 11.7 Å². The molecule has 58 valence electrons. The van der Waals surface area contributed by atoms with Gasteiger partial charge in [0.1, 0.15) is 0 Å². The molecule has 0 aliphatic rings. The van der Waals surface area contributed by atoms with Gasteiger partial charge in [-0.3, -0.25) is 0 Å². The van der Waals surface area contributed by atoms with Gasteiger partial charge in [0, 0.05) is 5.92 Å². The zero-order chi connectivity index (χ0) is 8.97. The smallest absolute Gasteiger partial charge is 0.0991 e. The topological polar surface area (TPSA) is 23.8 Å². The van der Waals surface area contributed by atoms with Crippen molar-refractivity contribution < 1.29 is 0 Å². The summed E-state index contributed by atoms with van der Waals surface area (Å²) in [6, 6.07) is 9.41. The molecular weight excluding hydrogens is 146 g/mol. The molecule has 1 atom stereocenters. The maximum Gasteiger partial charge on any atom is 0.0991 e. The van der Waals surface area contributed by atoms with Crippen molar-refractivity contribution in [1.29, 1.82) is 5.26 Å². The second-order valence-corrected chi connectivity index (χ2v) is 2.62. The molecule has 0 heterocycles. The summed E-state index contributed by atoms with van der Waals surface area (Å²) in [7, 11) is 0. The molecule has 0 radical (unpaired) electrons. The second-order valence-electron chi connectivity index (χ2n) is 2.62. The van der Waals surface area contributed by atoms with Gasteiger partial charge in [0.05, 0.1) is 11.6 Å². The molecule has 0 saturated heterocycles. The van der Waals surface area contributed by atoms with Crippen molar-refractivity contribution in [3.8, 4) is 18.4 Å². The minimum atomic E-state index is 0.123. The summed E-state index contributed by atoms with van der Waals surface area (Å²) in [5.74, 6) is 2.76. The van der Waals surface area contributed by atoms with Gasteiger partial charge in [-0.05, 0) is 24.6 Å². The van der Waals surface area contributed by atoms with Crippen molar-refractivity contribution in [2.24, 2.45) is 0 Å². The molecule has 1 rings (SSSR count). The Bertz CT molecular complexity index is 335. The van der Waals surface area contributed by atoms with Crippen LogP contribution in [-0.2, 0) is 0 Å². The van der Waals surface area contributed by atoms with Crippen molar-refractivity contribution in [2.75, 3.05) is 0 Å². The molecule has 0 aliphatic carbocycles. The van der Waals surface area contributed by atoms with E-state index in [1.54, 1.807) is 12.1 Å². The molecule has 1 nitrogen and oxygen atoms in total. The number of hydrogen-bond donors (Lipinski definition) is 0. The van der Waals surface area contributed by atoms with Crippen molar-refractivity contribution in [3.63, 3.8) is 0 Å². The molecule has 0 aromatic heterocycles. The first-order valence-corrected chi connectivity index (χ1v) is 3.74. The Morgan fingerprint density at radius 1 is 1.33 bits per heavy atom. The Morgan fingerprint density at radius 2 is 1.92 bits per heavy atom. The monoisotopic (exact) mass is 155 g/mol. The van der Waals surface area contributed by atoms with E-state index in [1.807, 2.05) is 19.1 Å². The van der Waals surface area contributed by atoms with Gasteiger partial charge in [-0.2, -0.15) is 5.26 Å². The average molecular weight is 155 g/mol. The number of nitrogens with zero attached hydrogens (tertiary/aromatic N) is 1. The lowest BCUT2D eigenvalue weighted by molar-refractivity contribution is 1.01. The summed E-state index contributed by atoms with van der Waals surface area (Å²) in [4.78, 5) is 0. The fourth-order valence-corrected chi connectivity index (χ4v) is 0.943. The Balaban J connectivity index is 2.96. The first-order chi connectivity index (χ1) is 5.77. The minimum Gasteiger partial charge on any atom is -0.192 e. The highest BCUT2D eigenvalue weighted by Gasteiger charge is 1.99. The molecule has 0 saturated carbocycles. The SMILES string of the molecule is C#CC(C)c1ccc(C#N)cc1. The highest BCUT2D eigenvalue weighted by atomic mass is 14.2. The molecule has 1 aromatic rings. The van der Waals surface area contributed by atoms with E-state index in [2.05, 4.69) is 12.0 Å². The van der Waals surface area contributed by atoms with Crippen LogP contribution in [0.15, 0.2) is 24.3 Å². The van der Waals surface area contributed by atoms with Crippen LogP contribution in [0.3, 0.4) is 0 Å². The molecule has 1 aromatic carbocycles. The third-order valence-electron chi connectivity index (χ3n) is 1.79. The number of rotatable bonds is 1. The first kappa shape index (κ1) is 8.37. The van der Waals surface area contributed by atoms with E-state index in [0.29, 0.717) is 5.56 Å². The molecule has 0 N–H and O–H groups in total. The maximum absolute atomic E-state index is 8.53. The first-order valence-electron chi connectivity index (χ1n) is 3.74. The molecule has 0 amide bonds. The quantitative estimate of drug-likeness (QED) is 0.571. The largest absolute Gasteiger partial charge is 0.192 e. The standard InChI is InChI=1S/C11H9N/c1-3-9(2)11-6-4-10(8-12)5-7-11/h1,4-7,9H,2H3. The van der Waals surface area contributed by atoms with Gasteiger partial charge in [-0.1, -0.05) is 18.1 Å². The van der Waals surface area contributed by atoms with Crippen molar-refractivity contribution in [3.05, 3.63) is 35.4 Å². The fourth-order valence-electron chi connectivity index (χ4n) is 0.943. The summed E-state index contributed by atoms with van der Waals surface area (Å²) in [6.45, 7) is 1.96. The van der Waals surface area contributed by atoms with Crippen LogP contribution in [0.5, 0.6) is 0 Å². The number of nitriles is 1. The van der Waals surface area contributed by atoms with Crippen molar-refractivity contribution in [2.45, 2.75) is 12.8 Å². The minimum absolute atomic E-state index is 0.123. The Morgan fingerprint density at radius 3 is 2.33 bits per heavy atom. The number of terminal acetylenes is 1. The summed E-state index contributed by atoms with van der Waals surface area (Å²) in [5.41, 5.74) is 1.75. The summed E-state index contributed by atoms with van der Waals surface area (Å²) in [5, 5.41) is 8.53. The van der Waals surface area contributed by atoms with E-state index >= 15 is 0 Å². The molecule has 1 unspecified atom stereocenters. The molecule has 0 bridgehead atoms. The Hall–Kier alpha value is -1.73. The zero-order valence-electron chi connectivity index (χ0n) is 6.91. The predicted octanol–water partition coefficient (Wildman–Crippen LogP) is 2.29. The molecule has 0 spiro atoms. The van der Waals surface area contributed by atoms with Gasteiger partial charge < -0.3 is 0 Å². The van der Waals surface area contributed by atoms with Crippen LogP contribution >= 0.6 is 0 Å². The van der Waals surface area contributed by atoms with Crippen LogP contribution in [0.2, 0.25) is 0 Å². The van der Waals surface area contributed by atoms with Gasteiger partial charge in [-0.25, -0.2) is 0 Å². The maximum atomic E-state index is 8.53. The number of hydrogen-bond acceptors (Lipinski definition) is 1. The van der Waals surface area contributed by atoms with Crippen LogP contribution in [0.4, 0.5) is 0 Å². The second kappa shape index (κ2) is 3.60. The third kappa shape index (κ3) is 1.65. The summed E-state index contributed by atoms with van der Waals surface area (Å²) < 4.78 is 0. The molecule has 0 fully saturated rings. The van der Waals surface area contributed by atoms with Gasteiger partial charge in [0.2, 0.25) is 0 Å². The molecule has 12 heavy (non-hydrogen) atoms. The Labute approximate surface area is 72.6 Å². The molecule has 1 heteroatoms. The normalized spacial score (nSPS) is 11.2. The molecular formula is C11H9N. The van der Waals surface area contributed by atoms with Crippen LogP contribution in [0.1, 0.15) is 24.0 Å². The van der Waals surface area contributed by atoms with Crippen LogP contribution in [0.25, 0.3) is 0 Å². The lowest BCUT2D eigenvalue weighted by Crippen LogP contribution is -1.88. The highest BCUT2D eigenvalue weighted by Crippen LogP contribution is 2.13. The predicted molar refractivity (Wildman–Crippen MR) is 48.4 cm³/mol. The van der Waals surface area contributed by atoms with Crippen molar-refractivity contribution >= 4 is 0 Å². The van der Waals surface area contributed by atoms with Gasteiger partial charge >= 0.3 is 0 Å². The number of benzene rings is 1. The van der Waals surface area contributed by atoms with E-state index in [-0.39, 0.29) is 5.92 Å². The van der Waals surface area contributed by atoms with Gasteiger partial charge in [0.25, 0.3) is 0 Å². The lowest BCUT2D eigenvalue weighted by atomic mass is 10.0. The molecule has 0 aliphatic heterocycles.